The smallest absolute Gasteiger partial charge is 0.387 e. The lowest BCUT2D eigenvalue weighted by Gasteiger charge is -2.20. The standard InChI is InChI=1S/C25H29F3N6O3/c1-2-21(36)31-20-11-16(15-5-3-4-6-15)7-8-19(20)32-23-18(25(26,27)28)12-29-24(33-23)30-17-9-10-34(13-17)22(37)14-35/h2,7-8,11-12,15,17,35H,1,3-6,9-10,13-14H2,(H,31,36)(H2,29,30,32,33)/t17-/m1/s1. The fourth-order valence-electron chi connectivity index (χ4n) is 4.74. The van der Waals surface area contributed by atoms with Crippen molar-refractivity contribution in [3.05, 3.63) is 48.2 Å². The van der Waals surface area contributed by atoms with E-state index < -0.39 is 36.0 Å². The Hall–Kier alpha value is -3.67. The van der Waals surface area contributed by atoms with Crippen LogP contribution in [0.15, 0.2) is 37.1 Å². The Labute approximate surface area is 212 Å². The van der Waals surface area contributed by atoms with Crippen LogP contribution in [0, 0.1) is 0 Å². The van der Waals surface area contributed by atoms with E-state index in [1.807, 2.05) is 6.07 Å². The average molecular weight is 519 g/mol. The Kier molecular flexibility index (Phi) is 7.96. The molecular weight excluding hydrogens is 489 g/mol. The summed E-state index contributed by atoms with van der Waals surface area (Å²) in [4.78, 5) is 33.2. The summed E-state index contributed by atoms with van der Waals surface area (Å²) in [6, 6.07) is 4.98. The molecule has 2 fully saturated rings. The number of carbonyl (C=O) groups excluding carboxylic acids is 2. The quantitative estimate of drug-likeness (QED) is 0.390. The zero-order valence-electron chi connectivity index (χ0n) is 20.1. The van der Waals surface area contributed by atoms with Crippen LogP contribution in [0.1, 0.15) is 49.1 Å². The topological polar surface area (TPSA) is 119 Å². The zero-order valence-corrected chi connectivity index (χ0v) is 20.1. The maximum atomic E-state index is 13.8. The highest BCUT2D eigenvalue weighted by atomic mass is 19.4. The highest BCUT2D eigenvalue weighted by Gasteiger charge is 2.36. The molecule has 0 spiro atoms. The fraction of sp³-hybridized carbons (Fsp3) is 0.440. The van der Waals surface area contributed by atoms with Crippen molar-refractivity contribution in [1.29, 1.82) is 0 Å². The maximum absolute atomic E-state index is 13.8. The highest BCUT2D eigenvalue weighted by molar-refractivity contribution is 6.01. The van der Waals surface area contributed by atoms with Gasteiger partial charge in [-0.3, -0.25) is 9.59 Å². The number of nitrogens with one attached hydrogen (secondary N) is 3. The van der Waals surface area contributed by atoms with E-state index in [9.17, 15) is 22.8 Å². The molecular formula is C25H29F3N6O3. The third-order valence-corrected chi connectivity index (χ3v) is 6.67. The number of halogens is 3. The fourth-order valence-corrected chi connectivity index (χ4v) is 4.74. The largest absolute Gasteiger partial charge is 0.421 e. The van der Waals surface area contributed by atoms with Crippen molar-refractivity contribution >= 4 is 35.0 Å². The number of amides is 2. The number of likely N-dealkylation sites (tertiary alicyclic amines) is 1. The SMILES string of the molecule is C=CC(=O)Nc1cc(C2CCCC2)ccc1Nc1nc(N[C@@H]2CCN(C(=O)CO)C2)ncc1C(F)(F)F. The molecule has 0 bridgehead atoms. The first-order valence-electron chi connectivity index (χ1n) is 12.1. The number of nitrogens with zero attached hydrogens (tertiary/aromatic N) is 3. The molecule has 9 nitrogen and oxygen atoms in total. The lowest BCUT2D eigenvalue weighted by Crippen LogP contribution is -2.33. The van der Waals surface area contributed by atoms with Gasteiger partial charge in [0.1, 0.15) is 18.0 Å². The molecule has 1 saturated heterocycles. The van der Waals surface area contributed by atoms with Gasteiger partial charge in [0.05, 0.1) is 11.4 Å². The third kappa shape index (κ3) is 6.37. The van der Waals surface area contributed by atoms with Gasteiger partial charge in [0.2, 0.25) is 17.8 Å². The molecule has 1 aromatic heterocycles. The molecule has 2 amide bonds. The van der Waals surface area contributed by atoms with Crippen molar-refractivity contribution in [3.8, 4) is 0 Å². The van der Waals surface area contributed by atoms with Crippen LogP contribution in [0.4, 0.5) is 36.3 Å². The van der Waals surface area contributed by atoms with E-state index in [-0.39, 0.29) is 24.2 Å². The summed E-state index contributed by atoms with van der Waals surface area (Å²) < 4.78 is 41.4. The van der Waals surface area contributed by atoms with Gasteiger partial charge >= 0.3 is 6.18 Å². The molecule has 12 heteroatoms. The van der Waals surface area contributed by atoms with Crippen molar-refractivity contribution < 1.29 is 27.9 Å². The summed E-state index contributed by atoms with van der Waals surface area (Å²) in [6.07, 6.45) is 1.83. The molecule has 2 heterocycles. The molecule has 4 N–H and O–H groups in total. The predicted molar refractivity (Wildman–Crippen MR) is 132 cm³/mol. The van der Waals surface area contributed by atoms with Gasteiger partial charge in [-0.05, 0) is 49.0 Å². The van der Waals surface area contributed by atoms with Crippen molar-refractivity contribution in [1.82, 2.24) is 14.9 Å². The minimum absolute atomic E-state index is 0.0435. The zero-order chi connectivity index (χ0) is 26.6. The van der Waals surface area contributed by atoms with Crippen LogP contribution in [-0.4, -0.2) is 57.5 Å². The second-order valence-electron chi connectivity index (χ2n) is 9.19. The Balaban J connectivity index is 1.62. The van der Waals surface area contributed by atoms with Crippen LogP contribution >= 0.6 is 0 Å². The second kappa shape index (κ2) is 11.2. The monoisotopic (exact) mass is 518 g/mol. The minimum Gasteiger partial charge on any atom is -0.387 e. The van der Waals surface area contributed by atoms with E-state index in [4.69, 9.17) is 5.11 Å². The van der Waals surface area contributed by atoms with E-state index in [0.717, 1.165) is 37.3 Å². The first-order valence-corrected chi connectivity index (χ1v) is 12.1. The van der Waals surface area contributed by atoms with Crippen LogP contribution in [0.25, 0.3) is 0 Å². The first-order chi connectivity index (χ1) is 17.7. The van der Waals surface area contributed by atoms with Gasteiger partial charge in [0.25, 0.3) is 0 Å². The molecule has 37 heavy (non-hydrogen) atoms. The van der Waals surface area contributed by atoms with Gasteiger partial charge in [-0.15, -0.1) is 0 Å². The maximum Gasteiger partial charge on any atom is 0.421 e. The van der Waals surface area contributed by atoms with Gasteiger partial charge in [-0.2, -0.15) is 18.2 Å². The molecule has 2 aliphatic rings. The molecule has 2 aromatic rings. The third-order valence-electron chi connectivity index (χ3n) is 6.67. The number of hydrogen-bond acceptors (Lipinski definition) is 7. The summed E-state index contributed by atoms with van der Waals surface area (Å²) in [7, 11) is 0. The van der Waals surface area contributed by atoms with Crippen molar-refractivity contribution in [2.24, 2.45) is 0 Å². The van der Waals surface area contributed by atoms with Crippen molar-refractivity contribution in [3.63, 3.8) is 0 Å². The number of alkyl halides is 3. The second-order valence-corrected chi connectivity index (χ2v) is 9.19. The number of benzene rings is 1. The summed E-state index contributed by atoms with van der Waals surface area (Å²) in [5.74, 6) is -1.10. The molecule has 1 saturated carbocycles. The summed E-state index contributed by atoms with van der Waals surface area (Å²) in [6.45, 7) is 3.52. The Morgan fingerprint density at radius 1 is 1.19 bits per heavy atom. The molecule has 1 aliphatic heterocycles. The van der Waals surface area contributed by atoms with E-state index in [1.165, 1.54) is 4.90 Å². The van der Waals surface area contributed by atoms with Gasteiger partial charge < -0.3 is 26.0 Å². The molecule has 198 valence electrons. The highest BCUT2D eigenvalue weighted by Crippen LogP contribution is 2.39. The van der Waals surface area contributed by atoms with E-state index >= 15 is 0 Å². The van der Waals surface area contributed by atoms with Gasteiger partial charge in [-0.1, -0.05) is 25.5 Å². The first kappa shape index (κ1) is 26.4. The van der Waals surface area contributed by atoms with Crippen LogP contribution in [0.3, 0.4) is 0 Å². The number of aliphatic hydroxyl groups excluding tert-OH is 1. The lowest BCUT2D eigenvalue weighted by molar-refractivity contribution is -0.137. The number of aliphatic hydroxyl groups is 1. The Morgan fingerprint density at radius 2 is 1.95 bits per heavy atom. The van der Waals surface area contributed by atoms with Crippen LogP contribution < -0.4 is 16.0 Å². The molecule has 0 unspecified atom stereocenters. The van der Waals surface area contributed by atoms with Crippen LogP contribution in [0.5, 0.6) is 0 Å². The number of anilines is 4. The molecule has 1 aliphatic carbocycles. The minimum atomic E-state index is -4.73. The molecule has 1 atom stereocenters. The number of rotatable bonds is 8. The predicted octanol–water partition coefficient (Wildman–Crippen LogP) is 4.03. The summed E-state index contributed by atoms with van der Waals surface area (Å²) in [5.41, 5.74) is 0.506. The summed E-state index contributed by atoms with van der Waals surface area (Å²) >= 11 is 0. The average Bonchev–Trinajstić information content (AvgIpc) is 3.57. The number of aromatic nitrogens is 2. The van der Waals surface area contributed by atoms with Crippen LogP contribution in [-0.2, 0) is 15.8 Å². The van der Waals surface area contributed by atoms with E-state index in [1.54, 1.807) is 12.1 Å². The molecule has 0 radical (unpaired) electrons. The number of carbonyl (C=O) groups is 2. The molecule has 4 rings (SSSR count). The van der Waals surface area contributed by atoms with E-state index in [2.05, 4.69) is 32.5 Å². The Bertz CT molecular complexity index is 1170. The normalized spacial score (nSPS) is 18.1. The van der Waals surface area contributed by atoms with Gasteiger partial charge in [0.15, 0.2) is 0 Å². The van der Waals surface area contributed by atoms with E-state index in [0.29, 0.717) is 30.8 Å². The van der Waals surface area contributed by atoms with Gasteiger partial charge in [0, 0.05) is 25.3 Å². The van der Waals surface area contributed by atoms with Crippen molar-refractivity contribution in [2.75, 3.05) is 35.6 Å². The van der Waals surface area contributed by atoms with Crippen molar-refractivity contribution in [2.45, 2.75) is 50.2 Å². The lowest BCUT2D eigenvalue weighted by atomic mass is 9.96. The molecule has 1 aromatic carbocycles. The van der Waals surface area contributed by atoms with Gasteiger partial charge in [-0.25, -0.2) is 4.98 Å². The summed E-state index contributed by atoms with van der Waals surface area (Å²) in [5, 5.41) is 17.4. The number of hydrogen-bond donors (Lipinski definition) is 4. The van der Waals surface area contributed by atoms with Crippen LogP contribution in [0.2, 0.25) is 0 Å². The Morgan fingerprint density at radius 3 is 2.62 bits per heavy atom.